The quantitative estimate of drug-likeness (QED) is 0.471. The summed E-state index contributed by atoms with van der Waals surface area (Å²) in [5.74, 6) is 0. The van der Waals surface area contributed by atoms with Crippen LogP contribution in [0.4, 0.5) is 0 Å². The van der Waals surface area contributed by atoms with Crippen molar-refractivity contribution in [3.63, 3.8) is 0 Å². The minimum absolute atomic E-state index is 0.449. The molecular formula is C10H20O6. The highest BCUT2D eigenvalue weighted by molar-refractivity contribution is 4.89. The van der Waals surface area contributed by atoms with Gasteiger partial charge in [0.25, 0.3) is 0 Å². The Kier molecular flexibility index (Phi) is 4.28. The van der Waals surface area contributed by atoms with Crippen LogP contribution in [0.15, 0.2) is 0 Å². The van der Waals surface area contributed by atoms with Crippen molar-refractivity contribution >= 4 is 0 Å². The highest BCUT2D eigenvalue weighted by atomic mass is 16.7. The standard InChI is InChI=1S/C10H20O6/c1-10(2,3)16-9-8(14)7(13)6(12)5(4-11)15-9/h5-9,11-14H,4H2,1-3H3/t5-,6-,7+,8-,9?/m1/s1. The van der Waals surface area contributed by atoms with E-state index in [2.05, 4.69) is 0 Å². The first-order chi connectivity index (χ1) is 7.26. The molecule has 1 aliphatic heterocycles. The molecule has 0 spiro atoms. The number of hydrogen-bond acceptors (Lipinski definition) is 6. The van der Waals surface area contributed by atoms with Crippen molar-refractivity contribution < 1.29 is 29.9 Å². The van der Waals surface area contributed by atoms with Crippen LogP contribution in [0.25, 0.3) is 0 Å². The fraction of sp³-hybridized carbons (Fsp3) is 1.00. The van der Waals surface area contributed by atoms with Crippen LogP contribution in [-0.2, 0) is 9.47 Å². The zero-order valence-electron chi connectivity index (χ0n) is 9.70. The highest BCUT2D eigenvalue weighted by Gasteiger charge is 2.45. The molecule has 1 saturated heterocycles. The van der Waals surface area contributed by atoms with Gasteiger partial charge in [0.2, 0.25) is 0 Å². The number of ether oxygens (including phenoxy) is 2. The van der Waals surface area contributed by atoms with Crippen LogP contribution in [0, 0.1) is 0 Å². The molecular weight excluding hydrogens is 216 g/mol. The minimum atomic E-state index is -1.39. The smallest absolute Gasteiger partial charge is 0.187 e. The summed E-state index contributed by atoms with van der Waals surface area (Å²) >= 11 is 0. The van der Waals surface area contributed by atoms with E-state index in [9.17, 15) is 15.3 Å². The molecule has 6 nitrogen and oxygen atoms in total. The van der Waals surface area contributed by atoms with Crippen molar-refractivity contribution in [3.05, 3.63) is 0 Å². The number of hydrogen-bond donors (Lipinski definition) is 4. The van der Waals surface area contributed by atoms with Crippen molar-refractivity contribution in [2.45, 2.75) is 57.1 Å². The maximum atomic E-state index is 9.64. The molecule has 0 aromatic carbocycles. The summed E-state index contributed by atoms with van der Waals surface area (Å²) in [5, 5.41) is 37.6. The number of aliphatic hydroxyl groups is 4. The van der Waals surface area contributed by atoms with E-state index in [-0.39, 0.29) is 0 Å². The van der Waals surface area contributed by atoms with Gasteiger partial charge < -0.3 is 29.9 Å². The molecule has 0 aromatic heterocycles. The third-order valence-electron chi connectivity index (χ3n) is 2.32. The lowest BCUT2D eigenvalue weighted by atomic mass is 9.99. The van der Waals surface area contributed by atoms with Gasteiger partial charge in [-0.05, 0) is 20.8 Å². The van der Waals surface area contributed by atoms with Crippen molar-refractivity contribution in [1.29, 1.82) is 0 Å². The van der Waals surface area contributed by atoms with E-state index in [4.69, 9.17) is 14.6 Å². The van der Waals surface area contributed by atoms with Crippen LogP contribution in [0.3, 0.4) is 0 Å². The van der Waals surface area contributed by atoms with Crippen LogP contribution in [0.5, 0.6) is 0 Å². The Bertz CT molecular complexity index is 224. The van der Waals surface area contributed by atoms with Crippen molar-refractivity contribution in [3.8, 4) is 0 Å². The van der Waals surface area contributed by atoms with E-state index in [1.54, 1.807) is 20.8 Å². The van der Waals surface area contributed by atoms with Gasteiger partial charge in [0.1, 0.15) is 24.4 Å². The normalized spacial score (nSPS) is 41.1. The van der Waals surface area contributed by atoms with E-state index in [0.717, 1.165) is 0 Å². The van der Waals surface area contributed by atoms with Gasteiger partial charge >= 0.3 is 0 Å². The van der Waals surface area contributed by atoms with Crippen LogP contribution in [0.2, 0.25) is 0 Å². The Hall–Kier alpha value is -0.240. The SMILES string of the molecule is CC(C)(C)OC1O[C@H](CO)[C@@H](O)[C@H](O)[C@H]1O. The summed E-state index contributed by atoms with van der Waals surface area (Å²) in [5.41, 5.74) is -0.562. The lowest BCUT2D eigenvalue weighted by molar-refractivity contribution is -0.320. The second-order valence-electron chi connectivity index (χ2n) is 4.93. The summed E-state index contributed by atoms with van der Waals surface area (Å²) in [7, 11) is 0. The predicted octanol–water partition coefficient (Wildman–Crippen LogP) is -1.40. The first kappa shape index (κ1) is 13.8. The molecule has 1 fully saturated rings. The summed E-state index contributed by atoms with van der Waals surface area (Å²) in [6, 6.07) is 0. The predicted molar refractivity (Wildman–Crippen MR) is 54.6 cm³/mol. The fourth-order valence-corrected chi connectivity index (χ4v) is 1.51. The third kappa shape index (κ3) is 3.13. The molecule has 16 heavy (non-hydrogen) atoms. The zero-order chi connectivity index (χ0) is 12.5. The molecule has 0 bridgehead atoms. The number of aliphatic hydroxyl groups excluding tert-OH is 4. The van der Waals surface area contributed by atoms with Gasteiger partial charge in [-0.1, -0.05) is 0 Å². The number of rotatable bonds is 2. The Morgan fingerprint density at radius 3 is 2.06 bits per heavy atom. The van der Waals surface area contributed by atoms with Gasteiger partial charge in [-0.3, -0.25) is 0 Å². The molecule has 0 aromatic rings. The third-order valence-corrected chi connectivity index (χ3v) is 2.32. The topological polar surface area (TPSA) is 99.4 Å². The van der Waals surface area contributed by atoms with Crippen LogP contribution >= 0.6 is 0 Å². The maximum absolute atomic E-state index is 9.64. The Morgan fingerprint density at radius 2 is 1.62 bits per heavy atom. The molecule has 96 valence electrons. The van der Waals surface area contributed by atoms with E-state index < -0.39 is 42.9 Å². The monoisotopic (exact) mass is 236 g/mol. The summed E-state index contributed by atoms with van der Waals surface area (Å²) < 4.78 is 10.6. The van der Waals surface area contributed by atoms with Crippen molar-refractivity contribution in [2.24, 2.45) is 0 Å². The van der Waals surface area contributed by atoms with E-state index in [0.29, 0.717) is 0 Å². The van der Waals surface area contributed by atoms with Gasteiger partial charge in [0, 0.05) is 0 Å². The average Bonchev–Trinajstić information content (AvgIpc) is 2.17. The lowest BCUT2D eigenvalue weighted by Crippen LogP contribution is -2.60. The minimum Gasteiger partial charge on any atom is -0.394 e. The lowest BCUT2D eigenvalue weighted by Gasteiger charge is -2.41. The molecule has 1 aliphatic rings. The molecule has 0 aliphatic carbocycles. The van der Waals surface area contributed by atoms with Crippen molar-refractivity contribution in [1.82, 2.24) is 0 Å². The molecule has 0 saturated carbocycles. The summed E-state index contributed by atoms with van der Waals surface area (Å²) in [6.45, 7) is 4.87. The first-order valence-corrected chi connectivity index (χ1v) is 5.24. The van der Waals surface area contributed by atoms with Crippen LogP contribution in [0.1, 0.15) is 20.8 Å². The van der Waals surface area contributed by atoms with E-state index in [1.807, 2.05) is 0 Å². The van der Waals surface area contributed by atoms with Gasteiger partial charge in [0.05, 0.1) is 12.2 Å². The zero-order valence-corrected chi connectivity index (χ0v) is 9.70. The molecule has 1 heterocycles. The Balaban J connectivity index is 2.71. The first-order valence-electron chi connectivity index (χ1n) is 5.24. The molecule has 6 heteroatoms. The van der Waals surface area contributed by atoms with Gasteiger partial charge in [-0.25, -0.2) is 0 Å². The second-order valence-corrected chi connectivity index (χ2v) is 4.93. The van der Waals surface area contributed by atoms with Crippen LogP contribution in [-0.4, -0.2) is 63.3 Å². The molecule has 1 rings (SSSR count). The van der Waals surface area contributed by atoms with Gasteiger partial charge in [0.15, 0.2) is 6.29 Å². The van der Waals surface area contributed by atoms with Gasteiger partial charge in [-0.2, -0.15) is 0 Å². The molecule has 0 amide bonds. The Morgan fingerprint density at radius 1 is 1.06 bits per heavy atom. The fourth-order valence-electron chi connectivity index (χ4n) is 1.51. The van der Waals surface area contributed by atoms with Gasteiger partial charge in [-0.15, -0.1) is 0 Å². The molecule has 4 N–H and O–H groups in total. The van der Waals surface area contributed by atoms with Crippen LogP contribution < -0.4 is 0 Å². The Labute approximate surface area is 94.4 Å². The van der Waals surface area contributed by atoms with E-state index >= 15 is 0 Å². The molecule has 1 unspecified atom stereocenters. The summed E-state index contributed by atoms with van der Waals surface area (Å²) in [6.07, 6.45) is -6.06. The largest absolute Gasteiger partial charge is 0.394 e. The molecule has 0 radical (unpaired) electrons. The molecule has 5 atom stereocenters. The summed E-state index contributed by atoms with van der Waals surface area (Å²) in [4.78, 5) is 0. The second kappa shape index (κ2) is 4.95. The highest BCUT2D eigenvalue weighted by Crippen LogP contribution is 2.25. The van der Waals surface area contributed by atoms with Crippen molar-refractivity contribution in [2.75, 3.05) is 6.61 Å². The maximum Gasteiger partial charge on any atom is 0.187 e. The van der Waals surface area contributed by atoms with E-state index in [1.165, 1.54) is 0 Å². The average molecular weight is 236 g/mol.